The predicted molar refractivity (Wildman–Crippen MR) is 322 cm³/mol. The lowest BCUT2D eigenvalue weighted by Crippen LogP contribution is -2.53. The van der Waals surface area contributed by atoms with Gasteiger partial charge in [-0.15, -0.1) is 0 Å². The number of benzene rings is 14. The summed E-state index contributed by atoms with van der Waals surface area (Å²) in [4.78, 5) is 3.97. The van der Waals surface area contributed by atoms with Crippen molar-refractivity contribution in [3.05, 3.63) is 271 Å². The van der Waals surface area contributed by atoms with Crippen LogP contribution in [0, 0.1) is 24.8 Å². The molecule has 0 atom stereocenters. The monoisotopic (exact) mass is 946 g/mol. The number of nitrogens with zero attached hydrogens (tertiary/aromatic N) is 2. The highest BCUT2D eigenvalue weighted by atomic mass is 14.6. The fourth-order valence-corrected chi connectivity index (χ4v) is 12.7. The van der Waals surface area contributed by atoms with E-state index < -0.39 is 0 Å². The molecule has 0 saturated carbocycles. The maximum absolute atomic E-state index is 10.2. The maximum Gasteiger partial charge on any atom is 0.243 e. The van der Waals surface area contributed by atoms with Crippen LogP contribution in [0.5, 0.6) is 0 Å². The molecule has 14 aromatic rings. The standard InChI is InChI=1S/C71H44B2N2/c1-45-40-51(34-35-52(45)44-74)63-43-69(73(66-32-14-22-48-18-5-9-28-56(48)66)67-33-15-23-49-19-6-10-29-57(49)67)61-39-38-60-68(42-62(50-24-11-25-53(41-50)75-2)58-36-37-59(63)71(61)70(58)60)72(64-30-12-20-46-16-3-7-26-54(46)64)65-31-13-21-47-17-4-8-27-55(47)65/h3-43H,1H3. The lowest BCUT2D eigenvalue weighted by molar-refractivity contribution is 1.39. The molecule has 0 saturated heterocycles. The van der Waals surface area contributed by atoms with Gasteiger partial charge in [0.2, 0.25) is 13.4 Å². The molecular weight excluding hydrogens is 902 g/mol. The molecule has 0 N–H and O–H groups in total. The van der Waals surface area contributed by atoms with Gasteiger partial charge in [0, 0.05) is 0 Å². The molecule has 0 aliphatic rings. The highest BCUT2D eigenvalue weighted by Crippen LogP contribution is 2.43. The zero-order valence-corrected chi connectivity index (χ0v) is 41.2. The Morgan fingerprint density at radius 2 is 0.720 bits per heavy atom. The molecule has 0 bridgehead atoms. The smallest absolute Gasteiger partial charge is 0.238 e. The zero-order chi connectivity index (χ0) is 50.1. The summed E-state index contributed by atoms with van der Waals surface area (Å²) in [6.07, 6.45) is 0. The Kier molecular flexibility index (Phi) is 10.4. The zero-order valence-electron chi connectivity index (χ0n) is 41.2. The summed E-state index contributed by atoms with van der Waals surface area (Å²) in [5.41, 5.74) is 13.9. The minimum absolute atomic E-state index is 0.182. The summed E-state index contributed by atoms with van der Waals surface area (Å²) < 4.78 is 0. The van der Waals surface area contributed by atoms with Crippen LogP contribution in [0.2, 0.25) is 0 Å². The van der Waals surface area contributed by atoms with Crippen LogP contribution < -0.4 is 32.8 Å². The Bertz CT molecular complexity index is 4550. The van der Waals surface area contributed by atoms with Gasteiger partial charge in [0.1, 0.15) is 0 Å². The first kappa shape index (κ1) is 44.0. The summed E-state index contributed by atoms with van der Waals surface area (Å²) >= 11 is 0. The number of hydrogen-bond acceptors (Lipinski definition) is 1. The van der Waals surface area contributed by atoms with Gasteiger partial charge in [0.05, 0.1) is 18.2 Å². The molecule has 14 aromatic carbocycles. The van der Waals surface area contributed by atoms with Gasteiger partial charge in [-0.1, -0.05) is 269 Å². The summed E-state index contributed by atoms with van der Waals surface area (Å²) in [6.45, 7) is 9.86. The molecule has 0 fully saturated rings. The van der Waals surface area contributed by atoms with Crippen LogP contribution in [-0.4, -0.2) is 13.4 Å². The van der Waals surface area contributed by atoms with E-state index in [4.69, 9.17) is 6.57 Å². The first-order valence-corrected chi connectivity index (χ1v) is 25.7. The van der Waals surface area contributed by atoms with Gasteiger partial charge in [0.15, 0.2) is 5.69 Å². The van der Waals surface area contributed by atoms with Gasteiger partial charge >= 0.3 is 0 Å². The largest absolute Gasteiger partial charge is 0.243 e. The normalized spacial score (nSPS) is 11.5. The Morgan fingerprint density at radius 3 is 1.12 bits per heavy atom. The van der Waals surface area contributed by atoms with E-state index in [1.807, 2.05) is 25.1 Å². The van der Waals surface area contributed by atoms with Crippen LogP contribution >= 0.6 is 0 Å². The first-order chi connectivity index (χ1) is 37.0. The third-order valence-corrected chi connectivity index (χ3v) is 16.1. The lowest BCUT2D eigenvalue weighted by Gasteiger charge is -2.27. The van der Waals surface area contributed by atoms with E-state index >= 15 is 0 Å². The van der Waals surface area contributed by atoms with Crippen molar-refractivity contribution in [1.29, 1.82) is 5.26 Å². The highest BCUT2D eigenvalue weighted by molar-refractivity contribution is 7.00. The summed E-state index contributed by atoms with van der Waals surface area (Å²) in [5, 5.41) is 26.9. The average molecular weight is 947 g/mol. The molecule has 0 amide bonds. The molecule has 0 heterocycles. The molecule has 0 aromatic heterocycles. The van der Waals surface area contributed by atoms with E-state index in [2.05, 4.69) is 241 Å². The summed E-state index contributed by atoms with van der Waals surface area (Å²) in [7, 11) is 0. The van der Waals surface area contributed by atoms with Crippen molar-refractivity contribution in [1.82, 2.24) is 0 Å². The number of fused-ring (bicyclic) bond motifs is 4. The van der Waals surface area contributed by atoms with Crippen LogP contribution in [-0.2, 0) is 0 Å². The molecule has 0 unspecified atom stereocenters. The number of nitriles is 1. The molecule has 14 rings (SSSR count). The van der Waals surface area contributed by atoms with E-state index in [9.17, 15) is 5.26 Å². The van der Waals surface area contributed by atoms with E-state index in [1.165, 1.54) is 97.4 Å². The van der Waals surface area contributed by atoms with E-state index in [-0.39, 0.29) is 13.4 Å². The molecule has 0 radical (unpaired) electrons. The lowest BCUT2D eigenvalue weighted by atomic mass is 9.34. The number of hydrogen-bond donors (Lipinski definition) is 0. The second-order valence-electron chi connectivity index (χ2n) is 20.0. The van der Waals surface area contributed by atoms with Crippen molar-refractivity contribution in [2.24, 2.45) is 0 Å². The number of rotatable bonds is 8. The minimum Gasteiger partial charge on any atom is -0.238 e. The Hall–Kier alpha value is -9.73. The van der Waals surface area contributed by atoms with Gasteiger partial charge in [-0.25, -0.2) is 4.85 Å². The molecule has 0 aliphatic heterocycles. The predicted octanol–water partition coefficient (Wildman–Crippen LogP) is 14.3. The van der Waals surface area contributed by atoms with Crippen LogP contribution in [0.3, 0.4) is 0 Å². The molecule has 0 aliphatic carbocycles. The highest BCUT2D eigenvalue weighted by Gasteiger charge is 2.33. The minimum atomic E-state index is -0.186. The van der Waals surface area contributed by atoms with Crippen LogP contribution in [0.1, 0.15) is 11.1 Å². The fourth-order valence-electron chi connectivity index (χ4n) is 12.7. The summed E-state index contributed by atoms with van der Waals surface area (Å²) in [5.74, 6) is 0. The van der Waals surface area contributed by atoms with Crippen LogP contribution in [0.25, 0.3) is 103 Å². The molecule has 75 heavy (non-hydrogen) atoms. The van der Waals surface area contributed by atoms with Crippen molar-refractivity contribution < 1.29 is 0 Å². The molecule has 344 valence electrons. The van der Waals surface area contributed by atoms with Crippen LogP contribution in [0.15, 0.2) is 249 Å². The van der Waals surface area contributed by atoms with Crippen molar-refractivity contribution in [2.45, 2.75) is 6.92 Å². The van der Waals surface area contributed by atoms with Gasteiger partial charge in [-0.2, -0.15) is 5.26 Å². The molecule has 2 nitrogen and oxygen atoms in total. The van der Waals surface area contributed by atoms with Crippen molar-refractivity contribution >= 4 is 127 Å². The quantitative estimate of drug-likeness (QED) is 0.0847. The van der Waals surface area contributed by atoms with Crippen LogP contribution in [0.4, 0.5) is 5.69 Å². The van der Waals surface area contributed by atoms with E-state index in [0.717, 1.165) is 38.6 Å². The third-order valence-electron chi connectivity index (χ3n) is 16.1. The first-order valence-electron chi connectivity index (χ1n) is 25.7. The van der Waals surface area contributed by atoms with E-state index in [1.54, 1.807) is 0 Å². The Labute approximate surface area is 436 Å². The van der Waals surface area contributed by atoms with Crippen molar-refractivity contribution in [3.8, 4) is 28.3 Å². The average Bonchev–Trinajstić information content (AvgIpc) is 3.50. The fraction of sp³-hybridized carbons (Fsp3) is 0.0141. The maximum atomic E-state index is 10.2. The van der Waals surface area contributed by atoms with Crippen molar-refractivity contribution in [2.75, 3.05) is 0 Å². The molecule has 4 heteroatoms. The van der Waals surface area contributed by atoms with Gasteiger partial charge in [-0.05, 0) is 122 Å². The topological polar surface area (TPSA) is 28.1 Å². The van der Waals surface area contributed by atoms with Crippen molar-refractivity contribution in [3.63, 3.8) is 0 Å². The molecule has 0 spiro atoms. The third kappa shape index (κ3) is 7.11. The SMILES string of the molecule is [C-]#[N+]c1cccc(-c2cc(B(c3cccc4ccccc34)c3cccc4ccccc34)c3ccc4c(B(c5cccc6ccccc56)c5cccc6ccccc56)cc(-c5ccc(C#N)c(C)c5)c5ccc2c3c45)c1. The van der Waals surface area contributed by atoms with Gasteiger partial charge in [0.25, 0.3) is 0 Å². The molecular formula is C71H44B2N2. The Balaban J connectivity index is 1.19. The second-order valence-corrected chi connectivity index (χ2v) is 20.0. The number of aryl methyl sites for hydroxylation is 1. The second kappa shape index (κ2) is 17.8. The summed E-state index contributed by atoms with van der Waals surface area (Å²) in [6, 6.07) is 93.5. The van der Waals surface area contributed by atoms with Gasteiger partial charge < -0.3 is 0 Å². The Morgan fingerprint density at radius 1 is 0.347 bits per heavy atom. The van der Waals surface area contributed by atoms with E-state index in [0.29, 0.717) is 11.3 Å². The van der Waals surface area contributed by atoms with Gasteiger partial charge in [-0.3, -0.25) is 0 Å².